The van der Waals surface area contributed by atoms with E-state index < -0.39 is 15.9 Å². The number of amides is 1. The zero-order valence-electron chi connectivity index (χ0n) is 14.0. The first-order valence-electron chi connectivity index (χ1n) is 7.59. The smallest absolute Gasteiger partial charge is 0.245 e. The topological polar surface area (TPSA) is 62.4 Å². The number of hydrogen-bond donors (Lipinski definition) is 3. The van der Waals surface area contributed by atoms with Crippen LogP contribution in [-0.4, -0.2) is 28.1 Å². The number of alkyl halides is 3. The van der Waals surface area contributed by atoms with Gasteiger partial charge in [0.15, 0.2) is 5.11 Å². The molecular weight excluding hydrogens is 449 g/mol. The Bertz CT molecular complexity index is 808. The molecule has 0 aliphatic rings. The molecule has 144 valence electrons. The molecule has 1 unspecified atom stereocenters. The molecule has 1 aromatic carbocycles. The molecule has 2 rings (SSSR count). The molecule has 1 atom stereocenters. The van der Waals surface area contributed by atoms with Crippen LogP contribution >= 0.6 is 58.4 Å². The number of hydrogen-bond acceptors (Lipinski definition) is 4. The Morgan fingerprint density at radius 3 is 2.59 bits per heavy atom. The maximum atomic E-state index is 12.1. The van der Waals surface area contributed by atoms with Crippen molar-refractivity contribution >= 4 is 81.1 Å². The van der Waals surface area contributed by atoms with Gasteiger partial charge in [-0.15, -0.1) is 11.3 Å². The lowest BCUT2D eigenvalue weighted by Crippen LogP contribution is -2.55. The summed E-state index contributed by atoms with van der Waals surface area (Å²) in [7, 11) is 1.54. The van der Waals surface area contributed by atoms with Crippen LogP contribution in [0.15, 0.2) is 47.9 Å². The lowest BCUT2D eigenvalue weighted by molar-refractivity contribution is -0.117. The summed E-state index contributed by atoms with van der Waals surface area (Å²) in [4.78, 5) is 13.1. The first-order chi connectivity index (χ1) is 12.8. The number of carbonyl (C=O) groups is 1. The van der Waals surface area contributed by atoms with Gasteiger partial charge in [-0.3, -0.25) is 4.79 Å². The molecular formula is C17H16Cl3N3O2S2. The normalized spacial score (nSPS) is 12.4. The zero-order chi connectivity index (χ0) is 19.9. The first kappa shape index (κ1) is 21.8. The van der Waals surface area contributed by atoms with Crippen molar-refractivity contribution < 1.29 is 9.53 Å². The van der Waals surface area contributed by atoms with Gasteiger partial charge in [-0.25, -0.2) is 0 Å². The highest BCUT2D eigenvalue weighted by atomic mass is 35.6. The number of ether oxygens (including phenoxy) is 1. The van der Waals surface area contributed by atoms with Gasteiger partial charge in [0.2, 0.25) is 9.70 Å². The second kappa shape index (κ2) is 10.1. The highest BCUT2D eigenvalue weighted by Crippen LogP contribution is 2.29. The molecule has 0 aliphatic carbocycles. The van der Waals surface area contributed by atoms with Gasteiger partial charge < -0.3 is 20.7 Å². The summed E-state index contributed by atoms with van der Waals surface area (Å²) in [5.41, 5.74) is 0.629. The Morgan fingerprint density at radius 1 is 1.22 bits per heavy atom. The van der Waals surface area contributed by atoms with Crippen molar-refractivity contribution in [3.8, 4) is 5.75 Å². The summed E-state index contributed by atoms with van der Waals surface area (Å²) in [6.07, 6.45) is 1.96. The van der Waals surface area contributed by atoms with Gasteiger partial charge in [0, 0.05) is 11.0 Å². The van der Waals surface area contributed by atoms with Crippen molar-refractivity contribution in [2.24, 2.45) is 0 Å². The van der Waals surface area contributed by atoms with Crippen LogP contribution in [0, 0.1) is 0 Å². The van der Waals surface area contributed by atoms with Crippen molar-refractivity contribution in [1.82, 2.24) is 10.6 Å². The predicted molar refractivity (Wildman–Crippen MR) is 118 cm³/mol. The number of anilines is 1. The summed E-state index contributed by atoms with van der Waals surface area (Å²) >= 11 is 24.7. The third kappa shape index (κ3) is 7.20. The largest absolute Gasteiger partial charge is 0.495 e. The van der Waals surface area contributed by atoms with E-state index in [-0.39, 0.29) is 5.11 Å². The Morgan fingerprint density at radius 2 is 1.96 bits per heavy atom. The molecule has 0 radical (unpaired) electrons. The van der Waals surface area contributed by atoms with Crippen molar-refractivity contribution in [3.05, 3.63) is 52.7 Å². The van der Waals surface area contributed by atoms with Crippen LogP contribution in [0.3, 0.4) is 0 Å². The van der Waals surface area contributed by atoms with E-state index in [0.29, 0.717) is 11.4 Å². The standard InChI is InChI=1S/C17H16Cl3N3O2S2/c1-25-13-7-3-2-6-12(13)21-16(26)23-15(17(18,19)20)22-14(24)9-8-11-5-4-10-27-11/h2-10,15H,1H3,(H,22,24)(H2,21,23,26)/b9-8+. The molecule has 0 saturated heterocycles. The summed E-state index contributed by atoms with van der Waals surface area (Å²) in [6.45, 7) is 0. The van der Waals surface area contributed by atoms with E-state index in [0.717, 1.165) is 4.88 Å². The van der Waals surface area contributed by atoms with Gasteiger partial charge in [0.05, 0.1) is 12.8 Å². The summed E-state index contributed by atoms with van der Waals surface area (Å²) in [5, 5.41) is 10.4. The van der Waals surface area contributed by atoms with E-state index in [9.17, 15) is 4.79 Å². The molecule has 0 spiro atoms. The van der Waals surface area contributed by atoms with Crippen LogP contribution in [0.5, 0.6) is 5.75 Å². The number of benzene rings is 1. The number of thiocarbonyl (C=S) groups is 1. The average molecular weight is 465 g/mol. The third-order valence-electron chi connectivity index (χ3n) is 3.19. The fraction of sp³-hybridized carbons (Fsp3) is 0.176. The lowest BCUT2D eigenvalue weighted by Gasteiger charge is -2.27. The maximum absolute atomic E-state index is 12.1. The minimum atomic E-state index is -1.83. The quantitative estimate of drug-likeness (QED) is 0.253. The van der Waals surface area contributed by atoms with Gasteiger partial charge in [-0.05, 0) is 41.9 Å². The maximum Gasteiger partial charge on any atom is 0.245 e. The van der Waals surface area contributed by atoms with E-state index in [1.165, 1.54) is 17.4 Å². The van der Waals surface area contributed by atoms with Crippen molar-refractivity contribution in [2.75, 3.05) is 12.4 Å². The number of methoxy groups -OCH3 is 1. The number of carbonyl (C=O) groups excluding carboxylic acids is 1. The second-order valence-electron chi connectivity index (χ2n) is 5.13. The molecule has 2 aromatic rings. The summed E-state index contributed by atoms with van der Waals surface area (Å²) in [6, 6.07) is 11.0. The van der Waals surface area contributed by atoms with Crippen molar-refractivity contribution in [3.63, 3.8) is 0 Å². The van der Waals surface area contributed by atoms with E-state index >= 15 is 0 Å². The molecule has 1 heterocycles. The fourth-order valence-electron chi connectivity index (χ4n) is 1.97. The molecule has 0 aliphatic heterocycles. The van der Waals surface area contributed by atoms with Gasteiger partial charge in [-0.1, -0.05) is 53.0 Å². The lowest BCUT2D eigenvalue weighted by atomic mass is 10.3. The summed E-state index contributed by atoms with van der Waals surface area (Å²) in [5.74, 6) is 0.155. The molecule has 0 saturated carbocycles. The van der Waals surface area contributed by atoms with Crippen molar-refractivity contribution in [1.29, 1.82) is 0 Å². The Balaban J connectivity index is 2.01. The SMILES string of the molecule is COc1ccccc1NC(=S)NC(NC(=O)/C=C/c1cccs1)C(Cl)(Cl)Cl. The molecule has 1 amide bonds. The van der Waals surface area contributed by atoms with Gasteiger partial charge in [-0.2, -0.15) is 0 Å². The number of para-hydroxylation sites is 2. The van der Waals surface area contributed by atoms with Crippen LogP contribution in [0.4, 0.5) is 5.69 Å². The molecule has 0 bridgehead atoms. The highest BCUT2D eigenvalue weighted by molar-refractivity contribution is 7.80. The minimum absolute atomic E-state index is 0.151. The van der Waals surface area contributed by atoms with Crippen LogP contribution in [0.1, 0.15) is 4.88 Å². The molecule has 1 aromatic heterocycles. The molecule has 0 fully saturated rings. The Labute approximate surface area is 181 Å². The van der Waals surface area contributed by atoms with Gasteiger partial charge >= 0.3 is 0 Å². The second-order valence-corrected chi connectivity index (χ2v) is 8.89. The first-order valence-corrected chi connectivity index (χ1v) is 10.0. The Kier molecular flexibility index (Phi) is 8.19. The van der Waals surface area contributed by atoms with Crippen LogP contribution in [0.25, 0.3) is 6.08 Å². The monoisotopic (exact) mass is 463 g/mol. The van der Waals surface area contributed by atoms with E-state index in [1.807, 2.05) is 29.6 Å². The average Bonchev–Trinajstić information content (AvgIpc) is 3.12. The van der Waals surface area contributed by atoms with E-state index in [2.05, 4.69) is 16.0 Å². The molecule has 27 heavy (non-hydrogen) atoms. The zero-order valence-corrected chi connectivity index (χ0v) is 17.9. The van der Waals surface area contributed by atoms with E-state index in [4.69, 9.17) is 51.8 Å². The van der Waals surface area contributed by atoms with Crippen molar-refractivity contribution in [2.45, 2.75) is 9.96 Å². The van der Waals surface area contributed by atoms with Crippen LogP contribution < -0.4 is 20.7 Å². The summed E-state index contributed by atoms with van der Waals surface area (Å²) < 4.78 is 3.41. The number of halogens is 3. The molecule has 3 N–H and O–H groups in total. The van der Waals surface area contributed by atoms with Gasteiger partial charge in [0.25, 0.3) is 0 Å². The fourth-order valence-corrected chi connectivity index (χ4v) is 3.14. The Hall–Kier alpha value is -1.51. The van der Waals surface area contributed by atoms with Crippen LogP contribution in [0.2, 0.25) is 0 Å². The number of nitrogens with one attached hydrogen (secondary N) is 3. The number of rotatable bonds is 6. The number of thiophene rings is 1. The molecule has 10 heteroatoms. The van der Waals surface area contributed by atoms with Crippen LogP contribution in [-0.2, 0) is 4.79 Å². The van der Waals surface area contributed by atoms with E-state index in [1.54, 1.807) is 25.3 Å². The molecule has 5 nitrogen and oxygen atoms in total. The highest BCUT2D eigenvalue weighted by Gasteiger charge is 2.34. The minimum Gasteiger partial charge on any atom is -0.495 e. The van der Waals surface area contributed by atoms with Gasteiger partial charge in [0.1, 0.15) is 11.9 Å². The third-order valence-corrected chi connectivity index (χ3v) is 4.90. The predicted octanol–water partition coefficient (Wildman–Crippen LogP) is 4.57.